The van der Waals surface area contributed by atoms with Gasteiger partial charge in [-0.05, 0) is 25.5 Å². The molecule has 4 rings (SSSR count). The third-order valence-electron chi connectivity index (χ3n) is 4.66. The van der Waals surface area contributed by atoms with E-state index in [1.807, 2.05) is 54.6 Å². The second kappa shape index (κ2) is 8.05. The van der Waals surface area contributed by atoms with Gasteiger partial charge in [-0.25, -0.2) is 9.97 Å². The SMILES string of the molecule is CCC(C)Nc1cc(Nc2cccc3cccnc23)nc(-c2ccccc2)n1. The molecule has 28 heavy (non-hydrogen) atoms. The Morgan fingerprint density at radius 1 is 0.893 bits per heavy atom. The normalized spacial score (nSPS) is 11.9. The summed E-state index contributed by atoms with van der Waals surface area (Å²) in [7, 11) is 0. The molecule has 0 saturated carbocycles. The zero-order valence-electron chi connectivity index (χ0n) is 16.1. The minimum absolute atomic E-state index is 0.325. The summed E-state index contributed by atoms with van der Waals surface area (Å²) in [5, 5.41) is 7.98. The first-order chi connectivity index (χ1) is 13.7. The quantitative estimate of drug-likeness (QED) is 0.460. The van der Waals surface area contributed by atoms with E-state index in [9.17, 15) is 0 Å². The average Bonchev–Trinajstić information content (AvgIpc) is 2.74. The molecule has 2 N–H and O–H groups in total. The van der Waals surface area contributed by atoms with Crippen molar-refractivity contribution in [3.63, 3.8) is 0 Å². The summed E-state index contributed by atoms with van der Waals surface area (Å²) >= 11 is 0. The molecule has 0 radical (unpaired) electrons. The minimum Gasteiger partial charge on any atom is -0.367 e. The van der Waals surface area contributed by atoms with Gasteiger partial charge in [-0.15, -0.1) is 0 Å². The number of hydrogen-bond acceptors (Lipinski definition) is 5. The predicted molar refractivity (Wildman–Crippen MR) is 116 cm³/mol. The van der Waals surface area contributed by atoms with Gasteiger partial charge in [-0.2, -0.15) is 0 Å². The number of nitrogens with one attached hydrogen (secondary N) is 2. The van der Waals surface area contributed by atoms with Gasteiger partial charge in [0.15, 0.2) is 5.82 Å². The lowest BCUT2D eigenvalue weighted by atomic mass is 10.2. The van der Waals surface area contributed by atoms with E-state index in [2.05, 4.69) is 41.6 Å². The second-order valence-corrected chi connectivity index (χ2v) is 6.79. The molecule has 0 spiro atoms. The number of nitrogens with zero attached hydrogens (tertiary/aromatic N) is 3. The summed E-state index contributed by atoms with van der Waals surface area (Å²) < 4.78 is 0. The van der Waals surface area contributed by atoms with Gasteiger partial charge >= 0.3 is 0 Å². The van der Waals surface area contributed by atoms with Crippen molar-refractivity contribution in [2.24, 2.45) is 0 Å². The molecular formula is C23H23N5. The lowest BCUT2D eigenvalue weighted by Crippen LogP contribution is -2.15. The predicted octanol–water partition coefficient (Wildman–Crippen LogP) is 5.65. The number of benzene rings is 2. The van der Waals surface area contributed by atoms with Crippen molar-refractivity contribution in [2.75, 3.05) is 10.6 Å². The van der Waals surface area contributed by atoms with Gasteiger partial charge in [0, 0.05) is 29.3 Å². The Balaban J connectivity index is 1.75. The maximum Gasteiger partial charge on any atom is 0.163 e. The number of fused-ring (bicyclic) bond motifs is 1. The van der Waals surface area contributed by atoms with Crippen molar-refractivity contribution in [3.05, 3.63) is 72.9 Å². The fraction of sp³-hybridized carbons (Fsp3) is 0.174. The molecule has 1 unspecified atom stereocenters. The van der Waals surface area contributed by atoms with E-state index < -0.39 is 0 Å². The Morgan fingerprint density at radius 2 is 1.68 bits per heavy atom. The highest BCUT2D eigenvalue weighted by molar-refractivity contribution is 5.91. The maximum absolute atomic E-state index is 4.75. The molecule has 4 aromatic rings. The third kappa shape index (κ3) is 3.93. The summed E-state index contributed by atoms with van der Waals surface area (Å²) in [6.45, 7) is 4.30. The molecule has 2 aromatic carbocycles. The molecule has 0 bridgehead atoms. The highest BCUT2D eigenvalue weighted by atomic mass is 15.1. The van der Waals surface area contributed by atoms with Crippen molar-refractivity contribution in [1.29, 1.82) is 0 Å². The smallest absolute Gasteiger partial charge is 0.163 e. The van der Waals surface area contributed by atoms with Crippen LogP contribution in [0.4, 0.5) is 17.3 Å². The fourth-order valence-electron chi connectivity index (χ4n) is 3.00. The van der Waals surface area contributed by atoms with Gasteiger partial charge < -0.3 is 10.6 Å². The Morgan fingerprint density at radius 3 is 2.50 bits per heavy atom. The number of aromatic nitrogens is 3. The molecule has 0 aliphatic rings. The molecule has 0 amide bonds. The first kappa shape index (κ1) is 17.9. The standard InChI is InChI=1S/C23H23N5/c1-3-16(2)25-20-15-21(28-23(27-20)18-9-5-4-6-10-18)26-19-13-7-11-17-12-8-14-24-22(17)19/h4-16H,3H2,1-2H3,(H2,25,26,27,28). The van der Waals surface area contributed by atoms with Crippen molar-refractivity contribution >= 4 is 28.2 Å². The van der Waals surface area contributed by atoms with E-state index >= 15 is 0 Å². The van der Waals surface area contributed by atoms with Gasteiger partial charge in [0.1, 0.15) is 11.6 Å². The van der Waals surface area contributed by atoms with Gasteiger partial charge in [0.2, 0.25) is 0 Å². The Kier molecular flexibility index (Phi) is 5.15. The van der Waals surface area contributed by atoms with Crippen LogP contribution in [0, 0.1) is 0 Å². The zero-order chi connectivity index (χ0) is 19.3. The molecule has 0 aliphatic carbocycles. The number of rotatable bonds is 6. The van der Waals surface area contributed by atoms with Crippen LogP contribution in [0.15, 0.2) is 72.9 Å². The molecule has 1 atom stereocenters. The average molecular weight is 369 g/mol. The van der Waals surface area contributed by atoms with Crippen LogP contribution in [-0.2, 0) is 0 Å². The summed E-state index contributed by atoms with van der Waals surface area (Å²) in [6, 6.07) is 22.4. The van der Waals surface area contributed by atoms with Crippen LogP contribution in [0.1, 0.15) is 20.3 Å². The molecule has 2 aromatic heterocycles. The minimum atomic E-state index is 0.325. The van der Waals surface area contributed by atoms with Gasteiger partial charge in [0.05, 0.1) is 11.2 Å². The van der Waals surface area contributed by atoms with E-state index in [-0.39, 0.29) is 0 Å². The van der Waals surface area contributed by atoms with E-state index in [1.54, 1.807) is 6.20 Å². The summed E-state index contributed by atoms with van der Waals surface area (Å²) in [5.74, 6) is 2.22. The van der Waals surface area contributed by atoms with Gasteiger partial charge in [0.25, 0.3) is 0 Å². The summed E-state index contributed by atoms with van der Waals surface area (Å²) in [4.78, 5) is 14.0. The van der Waals surface area contributed by atoms with Crippen LogP contribution in [0.2, 0.25) is 0 Å². The van der Waals surface area contributed by atoms with Crippen molar-refractivity contribution in [2.45, 2.75) is 26.3 Å². The number of anilines is 3. The molecular weight excluding hydrogens is 346 g/mol. The second-order valence-electron chi connectivity index (χ2n) is 6.79. The lowest BCUT2D eigenvalue weighted by Gasteiger charge is -2.15. The van der Waals surface area contributed by atoms with Crippen LogP contribution in [0.3, 0.4) is 0 Å². The third-order valence-corrected chi connectivity index (χ3v) is 4.66. The van der Waals surface area contributed by atoms with Gasteiger partial charge in [-0.1, -0.05) is 55.5 Å². The number of pyridine rings is 1. The molecule has 5 nitrogen and oxygen atoms in total. The highest BCUT2D eigenvalue weighted by Gasteiger charge is 2.10. The van der Waals surface area contributed by atoms with E-state index in [4.69, 9.17) is 9.97 Å². The van der Waals surface area contributed by atoms with Crippen LogP contribution in [-0.4, -0.2) is 21.0 Å². The maximum atomic E-state index is 4.75. The van der Waals surface area contributed by atoms with Gasteiger partial charge in [-0.3, -0.25) is 4.98 Å². The van der Waals surface area contributed by atoms with E-state index in [0.717, 1.165) is 40.2 Å². The van der Waals surface area contributed by atoms with Crippen LogP contribution in [0.5, 0.6) is 0 Å². The molecule has 0 fully saturated rings. The Hall–Kier alpha value is -3.47. The Bertz CT molecular complexity index is 1070. The molecule has 5 heteroatoms. The molecule has 140 valence electrons. The topological polar surface area (TPSA) is 62.7 Å². The van der Waals surface area contributed by atoms with Crippen LogP contribution in [0.25, 0.3) is 22.3 Å². The molecule has 0 saturated heterocycles. The molecule has 2 heterocycles. The number of hydrogen-bond donors (Lipinski definition) is 2. The number of para-hydroxylation sites is 1. The van der Waals surface area contributed by atoms with Crippen molar-refractivity contribution < 1.29 is 0 Å². The first-order valence-corrected chi connectivity index (χ1v) is 9.55. The first-order valence-electron chi connectivity index (χ1n) is 9.55. The van der Waals surface area contributed by atoms with Crippen molar-refractivity contribution in [1.82, 2.24) is 15.0 Å². The van der Waals surface area contributed by atoms with E-state index in [0.29, 0.717) is 11.9 Å². The summed E-state index contributed by atoms with van der Waals surface area (Å²) in [5.41, 5.74) is 2.82. The molecule has 0 aliphatic heterocycles. The van der Waals surface area contributed by atoms with Crippen LogP contribution < -0.4 is 10.6 Å². The monoisotopic (exact) mass is 369 g/mol. The summed E-state index contributed by atoms with van der Waals surface area (Å²) in [6.07, 6.45) is 2.82. The zero-order valence-corrected chi connectivity index (χ0v) is 16.1. The van der Waals surface area contributed by atoms with E-state index in [1.165, 1.54) is 0 Å². The highest BCUT2D eigenvalue weighted by Crippen LogP contribution is 2.27. The van der Waals surface area contributed by atoms with Crippen LogP contribution >= 0.6 is 0 Å². The largest absolute Gasteiger partial charge is 0.367 e. The van der Waals surface area contributed by atoms with Crippen molar-refractivity contribution in [3.8, 4) is 11.4 Å². The fourth-order valence-corrected chi connectivity index (χ4v) is 3.00. The lowest BCUT2D eigenvalue weighted by molar-refractivity contribution is 0.759. The Labute approximate surface area is 164 Å².